The summed E-state index contributed by atoms with van der Waals surface area (Å²) in [4.78, 5) is 9.15. The number of nitrogens with zero attached hydrogens (tertiary/aromatic N) is 3. The molecule has 27 heavy (non-hydrogen) atoms. The van der Waals surface area contributed by atoms with E-state index < -0.39 is 0 Å². The number of rotatable bonds is 6. The van der Waals surface area contributed by atoms with Crippen LogP contribution in [-0.2, 0) is 6.61 Å². The summed E-state index contributed by atoms with van der Waals surface area (Å²) < 4.78 is 12.0. The summed E-state index contributed by atoms with van der Waals surface area (Å²) >= 11 is 1.49. The van der Waals surface area contributed by atoms with Gasteiger partial charge in [0.2, 0.25) is 0 Å². The molecular weight excluding hydrogens is 360 g/mol. The number of fused-ring (bicyclic) bond motifs is 1. The SMILES string of the molecule is Cc1ccc(Sc2oc(C3CC3)nc2COc2ccc3[nH]ncc3c2)nc1. The van der Waals surface area contributed by atoms with Crippen molar-refractivity contribution in [1.82, 2.24) is 20.2 Å². The molecule has 0 bridgehead atoms. The zero-order chi connectivity index (χ0) is 18.2. The lowest BCUT2D eigenvalue weighted by atomic mass is 10.2. The molecule has 0 amide bonds. The lowest BCUT2D eigenvalue weighted by Gasteiger charge is -2.05. The Hall–Kier alpha value is -2.80. The van der Waals surface area contributed by atoms with Gasteiger partial charge in [0.1, 0.15) is 23.1 Å². The molecular formula is C20H18N4O2S. The minimum atomic E-state index is 0.355. The second-order valence-electron chi connectivity index (χ2n) is 6.74. The number of oxazole rings is 1. The van der Waals surface area contributed by atoms with Gasteiger partial charge in [-0.1, -0.05) is 6.07 Å². The van der Waals surface area contributed by atoms with Crippen LogP contribution < -0.4 is 4.74 Å². The van der Waals surface area contributed by atoms with E-state index in [1.807, 2.05) is 43.5 Å². The molecule has 0 aliphatic heterocycles. The van der Waals surface area contributed by atoms with Gasteiger partial charge in [0.25, 0.3) is 0 Å². The first-order chi connectivity index (χ1) is 13.2. The summed E-state index contributed by atoms with van der Waals surface area (Å²) in [5.41, 5.74) is 2.94. The van der Waals surface area contributed by atoms with Crippen LogP contribution in [-0.4, -0.2) is 20.2 Å². The summed E-state index contributed by atoms with van der Waals surface area (Å²) in [6.45, 7) is 2.38. The van der Waals surface area contributed by atoms with E-state index >= 15 is 0 Å². The summed E-state index contributed by atoms with van der Waals surface area (Å²) in [5.74, 6) is 2.05. The van der Waals surface area contributed by atoms with Crippen molar-refractivity contribution in [2.75, 3.05) is 0 Å². The average Bonchev–Trinajstić information content (AvgIpc) is 3.29. The Morgan fingerprint density at radius 1 is 1.22 bits per heavy atom. The van der Waals surface area contributed by atoms with E-state index in [0.29, 0.717) is 12.5 Å². The summed E-state index contributed by atoms with van der Waals surface area (Å²) in [6.07, 6.45) is 5.93. The van der Waals surface area contributed by atoms with Crippen LogP contribution in [0.4, 0.5) is 0 Å². The standard InChI is InChI=1S/C20H18N4O2S/c1-12-2-7-18(21-9-12)27-20-17(23-19(26-20)13-3-4-13)11-25-15-5-6-16-14(8-15)10-22-24-16/h2,5-10,13H,3-4,11H2,1H3,(H,22,24). The topological polar surface area (TPSA) is 76.8 Å². The van der Waals surface area contributed by atoms with E-state index in [0.717, 1.165) is 56.8 Å². The highest BCUT2D eigenvalue weighted by atomic mass is 32.2. The van der Waals surface area contributed by atoms with Crippen molar-refractivity contribution in [3.05, 3.63) is 59.9 Å². The van der Waals surface area contributed by atoms with Gasteiger partial charge in [-0.3, -0.25) is 5.10 Å². The van der Waals surface area contributed by atoms with Crippen molar-refractivity contribution in [3.8, 4) is 5.75 Å². The fourth-order valence-electron chi connectivity index (χ4n) is 2.80. The van der Waals surface area contributed by atoms with E-state index in [1.165, 1.54) is 11.8 Å². The molecule has 0 saturated heterocycles. The van der Waals surface area contributed by atoms with Crippen molar-refractivity contribution in [2.24, 2.45) is 0 Å². The van der Waals surface area contributed by atoms with Gasteiger partial charge in [-0.05, 0) is 61.4 Å². The molecule has 1 fully saturated rings. The number of hydrogen-bond acceptors (Lipinski definition) is 6. The zero-order valence-corrected chi connectivity index (χ0v) is 15.6. The zero-order valence-electron chi connectivity index (χ0n) is 14.8. The number of hydrogen-bond donors (Lipinski definition) is 1. The molecule has 3 heterocycles. The van der Waals surface area contributed by atoms with Crippen LogP contribution >= 0.6 is 11.8 Å². The predicted octanol–water partition coefficient (Wildman–Crippen LogP) is 4.86. The number of benzene rings is 1. The van der Waals surface area contributed by atoms with Gasteiger partial charge in [-0.2, -0.15) is 5.10 Å². The van der Waals surface area contributed by atoms with Crippen LogP contribution in [0.5, 0.6) is 5.75 Å². The number of ether oxygens (including phenoxy) is 1. The highest BCUT2D eigenvalue weighted by Gasteiger charge is 2.30. The minimum absolute atomic E-state index is 0.355. The fraction of sp³-hybridized carbons (Fsp3) is 0.250. The molecule has 136 valence electrons. The minimum Gasteiger partial charge on any atom is -0.487 e. The Balaban J connectivity index is 1.37. The predicted molar refractivity (Wildman–Crippen MR) is 102 cm³/mol. The van der Waals surface area contributed by atoms with Crippen LogP contribution in [0.15, 0.2) is 57.3 Å². The molecule has 1 aliphatic rings. The normalized spacial score (nSPS) is 14.0. The number of aromatic nitrogens is 4. The Labute approximate surface area is 160 Å². The van der Waals surface area contributed by atoms with Gasteiger partial charge in [0.05, 0.1) is 11.7 Å². The van der Waals surface area contributed by atoms with E-state index in [-0.39, 0.29) is 0 Å². The third-order valence-corrected chi connectivity index (χ3v) is 5.43. The summed E-state index contributed by atoms with van der Waals surface area (Å²) in [6, 6.07) is 9.90. The molecule has 0 spiro atoms. The first-order valence-electron chi connectivity index (χ1n) is 8.90. The van der Waals surface area contributed by atoms with Gasteiger partial charge >= 0.3 is 0 Å². The maximum absolute atomic E-state index is 6.04. The van der Waals surface area contributed by atoms with E-state index in [9.17, 15) is 0 Å². The second kappa shape index (κ2) is 6.74. The Morgan fingerprint density at radius 3 is 2.96 bits per heavy atom. The van der Waals surface area contributed by atoms with E-state index in [4.69, 9.17) is 14.1 Å². The molecule has 6 nitrogen and oxygen atoms in total. The Morgan fingerprint density at radius 2 is 2.15 bits per heavy atom. The highest BCUT2D eigenvalue weighted by Crippen LogP contribution is 2.42. The van der Waals surface area contributed by atoms with E-state index in [1.54, 1.807) is 6.20 Å². The number of pyridine rings is 1. The molecule has 0 radical (unpaired) electrons. The second-order valence-corrected chi connectivity index (χ2v) is 7.74. The summed E-state index contributed by atoms with van der Waals surface area (Å²) in [5, 5.41) is 9.65. The van der Waals surface area contributed by atoms with Crippen LogP contribution in [0.2, 0.25) is 0 Å². The van der Waals surface area contributed by atoms with Crippen molar-refractivity contribution >= 4 is 22.7 Å². The monoisotopic (exact) mass is 378 g/mol. The molecule has 5 rings (SSSR count). The van der Waals surface area contributed by atoms with Crippen LogP contribution in [0.25, 0.3) is 10.9 Å². The third-order valence-electron chi connectivity index (χ3n) is 4.47. The molecule has 1 aromatic carbocycles. The average molecular weight is 378 g/mol. The molecule has 1 aliphatic carbocycles. The van der Waals surface area contributed by atoms with Crippen molar-refractivity contribution in [2.45, 2.75) is 42.4 Å². The number of aromatic amines is 1. The Kier molecular flexibility index (Phi) is 4.09. The third kappa shape index (κ3) is 3.55. The van der Waals surface area contributed by atoms with E-state index in [2.05, 4.69) is 15.2 Å². The van der Waals surface area contributed by atoms with Gasteiger partial charge in [0.15, 0.2) is 11.0 Å². The van der Waals surface area contributed by atoms with Crippen molar-refractivity contribution in [3.63, 3.8) is 0 Å². The smallest absolute Gasteiger partial charge is 0.199 e. The number of H-pyrrole nitrogens is 1. The van der Waals surface area contributed by atoms with Gasteiger partial charge in [-0.15, -0.1) is 0 Å². The number of nitrogens with one attached hydrogen (secondary N) is 1. The summed E-state index contributed by atoms with van der Waals surface area (Å²) in [7, 11) is 0. The molecule has 3 aromatic heterocycles. The van der Waals surface area contributed by atoms with Crippen molar-refractivity contribution < 1.29 is 9.15 Å². The lowest BCUT2D eigenvalue weighted by Crippen LogP contribution is -1.97. The first-order valence-corrected chi connectivity index (χ1v) is 9.72. The maximum atomic E-state index is 6.04. The fourth-order valence-corrected chi connectivity index (χ4v) is 3.58. The number of aryl methyl sites for hydroxylation is 1. The molecule has 7 heteroatoms. The maximum Gasteiger partial charge on any atom is 0.199 e. The highest BCUT2D eigenvalue weighted by molar-refractivity contribution is 7.99. The van der Waals surface area contributed by atoms with Crippen LogP contribution in [0.3, 0.4) is 0 Å². The van der Waals surface area contributed by atoms with Gasteiger partial charge in [0, 0.05) is 17.5 Å². The molecule has 1 N–H and O–H groups in total. The largest absolute Gasteiger partial charge is 0.487 e. The molecule has 0 unspecified atom stereocenters. The molecule has 0 atom stereocenters. The van der Waals surface area contributed by atoms with Crippen molar-refractivity contribution in [1.29, 1.82) is 0 Å². The molecule has 1 saturated carbocycles. The van der Waals surface area contributed by atoms with Crippen LogP contribution in [0.1, 0.15) is 35.9 Å². The quantitative estimate of drug-likeness (QED) is 0.516. The van der Waals surface area contributed by atoms with Crippen LogP contribution in [0, 0.1) is 6.92 Å². The molecule has 4 aromatic rings. The van der Waals surface area contributed by atoms with Gasteiger partial charge in [-0.25, -0.2) is 9.97 Å². The first kappa shape index (κ1) is 16.4. The Bertz CT molecular complexity index is 1080. The van der Waals surface area contributed by atoms with Gasteiger partial charge < -0.3 is 9.15 Å². The lowest BCUT2D eigenvalue weighted by molar-refractivity contribution is 0.294.